The number of benzene rings is 1. The zero-order valence-corrected chi connectivity index (χ0v) is 8.71. The Hall–Kier alpha value is -1.75. The van der Waals surface area contributed by atoms with Gasteiger partial charge in [0.25, 0.3) is 11.8 Å². The highest BCUT2D eigenvalue weighted by atomic mass is 32.1. The number of nitrogens with zero attached hydrogens (tertiary/aromatic N) is 1. The van der Waals surface area contributed by atoms with Gasteiger partial charge in [-0.2, -0.15) is 0 Å². The van der Waals surface area contributed by atoms with Crippen LogP contribution in [0.1, 0.15) is 27.6 Å². The molecular formula is C10H7NO3S. The summed E-state index contributed by atoms with van der Waals surface area (Å²) in [5.74, 6) is -0.945. The molecule has 0 bridgehead atoms. The van der Waals surface area contributed by atoms with Crippen LogP contribution in [-0.2, 0) is 4.84 Å². The molecule has 1 aromatic rings. The third kappa shape index (κ3) is 1.50. The Morgan fingerprint density at radius 2 is 1.67 bits per heavy atom. The van der Waals surface area contributed by atoms with Crippen molar-refractivity contribution >= 4 is 29.1 Å². The quantitative estimate of drug-likeness (QED) is 0.533. The maximum absolute atomic E-state index is 11.7. The molecule has 2 rings (SSSR count). The van der Waals surface area contributed by atoms with Gasteiger partial charge in [-0.1, -0.05) is 17.2 Å². The second kappa shape index (κ2) is 3.43. The van der Waals surface area contributed by atoms with E-state index in [-0.39, 0.29) is 5.05 Å². The van der Waals surface area contributed by atoms with E-state index in [1.54, 1.807) is 24.3 Å². The Morgan fingerprint density at radius 3 is 2.07 bits per heavy atom. The van der Waals surface area contributed by atoms with Crippen LogP contribution in [-0.4, -0.2) is 21.9 Å². The standard InChI is InChI=1S/C10H7NO3S/c1-6(15)14-11-9(12)7-4-2-3-5-8(7)10(11)13/h2-5H,1H3. The van der Waals surface area contributed by atoms with Gasteiger partial charge in [0.1, 0.15) is 0 Å². The molecule has 0 aliphatic carbocycles. The predicted molar refractivity (Wildman–Crippen MR) is 56.3 cm³/mol. The smallest absolute Gasteiger partial charge is 0.295 e. The minimum Gasteiger partial charge on any atom is -0.362 e. The van der Waals surface area contributed by atoms with Crippen LogP contribution in [0.25, 0.3) is 0 Å². The molecule has 0 radical (unpaired) electrons. The molecule has 4 nitrogen and oxygen atoms in total. The monoisotopic (exact) mass is 221 g/mol. The number of hydrogen-bond donors (Lipinski definition) is 0. The molecule has 76 valence electrons. The van der Waals surface area contributed by atoms with Crippen molar-refractivity contribution in [1.29, 1.82) is 0 Å². The summed E-state index contributed by atoms with van der Waals surface area (Å²) in [7, 11) is 0. The highest BCUT2D eigenvalue weighted by Crippen LogP contribution is 2.22. The largest absolute Gasteiger partial charge is 0.362 e. The van der Waals surface area contributed by atoms with E-state index in [1.165, 1.54) is 6.92 Å². The zero-order chi connectivity index (χ0) is 11.0. The van der Waals surface area contributed by atoms with E-state index in [1.807, 2.05) is 0 Å². The van der Waals surface area contributed by atoms with E-state index < -0.39 is 11.8 Å². The first kappa shape index (κ1) is 9.79. The summed E-state index contributed by atoms with van der Waals surface area (Å²) >= 11 is 4.68. The number of carbonyl (C=O) groups is 2. The Balaban J connectivity index is 2.41. The molecule has 1 aliphatic rings. The number of fused-ring (bicyclic) bond motifs is 1. The molecule has 0 spiro atoms. The highest BCUT2D eigenvalue weighted by Gasteiger charge is 2.37. The summed E-state index contributed by atoms with van der Waals surface area (Å²) in [5.41, 5.74) is 0.692. The Kier molecular flexibility index (Phi) is 2.24. The molecule has 0 N–H and O–H groups in total. The van der Waals surface area contributed by atoms with Crippen LogP contribution in [0, 0.1) is 0 Å². The van der Waals surface area contributed by atoms with E-state index in [0.29, 0.717) is 16.2 Å². The van der Waals surface area contributed by atoms with Crippen LogP contribution in [0.3, 0.4) is 0 Å². The second-order valence-corrected chi connectivity index (χ2v) is 3.61. The van der Waals surface area contributed by atoms with Crippen molar-refractivity contribution in [2.45, 2.75) is 6.92 Å². The van der Waals surface area contributed by atoms with Crippen LogP contribution in [0.2, 0.25) is 0 Å². The molecule has 1 heterocycles. The maximum atomic E-state index is 11.7. The molecule has 1 aromatic carbocycles. The average molecular weight is 221 g/mol. The number of amides is 2. The zero-order valence-electron chi connectivity index (χ0n) is 7.89. The first-order valence-corrected chi connectivity index (χ1v) is 4.68. The fourth-order valence-corrected chi connectivity index (χ4v) is 1.45. The number of thiocarbonyl (C=S) groups is 1. The van der Waals surface area contributed by atoms with E-state index in [4.69, 9.17) is 4.84 Å². The number of hydroxylamine groups is 2. The number of imide groups is 1. The molecule has 0 saturated carbocycles. The highest BCUT2D eigenvalue weighted by molar-refractivity contribution is 7.80. The summed E-state index contributed by atoms with van der Waals surface area (Å²) in [6.07, 6.45) is 0. The summed E-state index contributed by atoms with van der Waals surface area (Å²) in [5, 5.41) is 0.817. The van der Waals surface area contributed by atoms with Crippen molar-refractivity contribution in [3.8, 4) is 0 Å². The van der Waals surface area contributed by atoms with Gasteiger partial charge >= 0.3 is 0 Å². The van der Waals surface area contributed by atoms with Crippen LogP contribution < -0.4 is 0 Å². The third-order valence-corrected chi connectivity index (χ3v) is 2.05. The molecule has 1 aliphatic heterocycles. The van der Waals surface area contributed by atoms with Crippen LogP contribution in [0.4, 0.5) is 0 Å². The van der Waals surface area contributed by atoms with Gasteiger partial charge in [-0.25, -0.2) is 0 Å². The number of rotatable bonds is 1. The predicted octanol–water partition coefficient (Wildman–Crippen LogP) is 1.56. The maximum Gasteiger partial charge on any atom is 0.295 e. The summed E-state index contributed by atoms with van der Waals surface area (Å²) < 4.78 is 0. The van der Waals surface area contributed by atoms with Gasteiger partial charge in [0.2, 0.25) is 0 Å². The summed E-state index contributed by atoms with van der Waals surface area (Å²) in [4.78, 5) is 28.2. The first-order valence-electron chi connectivity index (χ1n) is 4.27. The van der Waals surface area contributed by atoms with Crippen molar-refractivity contribution in [2.24, 2.45) is 0 Å². The van der Waals surface area contributed by atoms with Gasteiger partial charge in [-0.3, -0.25) is 9.59 Å². The minimum absolute atomic E-state index is 0.129. The topological polar surface area (TPSA) is 46.6 Å². The van der Waals surface area contributed by atoms with Crippen LogP contribution in [0.5, 0.6) is 0 Å². The third-order valence-electron chi connectivity index (χ3n) is 1.98. The van der Waals surface area contributed by atoms with Crippen molar-refractivity contribution in [1.82, 2.24) is 5.06 Å². The summed E-state index contributed by atoms with van der Waals surface area (Å²) in [6.45, 7) is 1.50. The van der Waals surface area contributed by atoms with Crippen LogP contribution in [0.15, 0.2) is 24.3 Å². The molecule has 0 unspecified atom stereocenters. The lowest BCUT2D eigenvalue weighted by Crippen LogP contribution is -2.31. The molecule has 0 atom stereocenters. The van der Waals surface area contributed by atoms with Crippen molar-refractivity contribution < 1.29 is 14.4 Å². The van der Waals surface area contributed by atoms with E-state index in [2.05, 4.69) is 12.2 Å². The second-order valence-electron chi connectivity index (χ2n) is 3.03. The van der Waals surface area contributed by atoms with E-state index in [9.17, 15) is 9.59 Å². The van der Waals surface area contributed by atoms with Gasteiger partial charge in [-0.05, 0) is 24.4 Å². The van der Waals surface area contributed by atoms with Gasteiger partial charge < -0.3 is 4.84 Å². The Morgan fingerprint density at radius 1 is 1.20 bits per heavy atom. The molecule has 5 heteroatoms. The lowest BCUT2D eigenvalue weighted by atomic mass is 10.1. The van der Waals surface area contributed by atoms with Gasteiger partial charge in [0.15, 0.2) is 5.05 Å². The molecule has 0 fully saturated rings. The van der Waals surface area contributed by atoms with Crippen LogP contribution >= 0.6 is 12.2 Å². The molecule has 2 amide bonds. The fourth-order valence-electron chi connectivity index (χ4n) is 1.38. The molecule has 0 saturated heterocycles. The lowest BCUT2D eigenvalue weighted by molar-refractivity contribution is -0.0206. The first-order chi connectivity index (χ1) is 7.11. The Bertz CT molecular complexity index is 434. The minimum atomic E-state index is -0.472. The SMILES string of the molecule is CC(=S)ON1C(=O)c2ccccc2C1=O. The summed E-state index contributed by atoms with van der Waals surface area (Å²) in [6, 6.07) is 6.55. The fraction of sp³-hybridized carbons (Fsp3) is 0.100. The van der Waals surface area contributed by atoms with Gasteiger partial charge in [-0.15, -0.1) is 0 Å². The van der Waals surface area contributed by atoms with Crippen molar-refractivity contribution in [3.05, 3.63) is 35.4 Å². The van der Waals surface area contributed by atoms with E-state index in [0.717, 1.165) is 0 Å². The normalized spacial score (nSPS) is 14.1. The van der Waals surface area contributed by atoms with E-state index >= 15 is 0 Å². The molecular weight excluding hydrogens is 214 g/mol. The average Bonchev–Trinajstić information content (AvgIpc) is 2.44. The van der Waals surface area contributed by atoms with Gasteiger partial charge in [0.05, 0.1) is 11.1 Å². The van der Waals surface area contributed by atoms with Crippen molar-refractivity contribution in [2.75, 3.05) is 0 Å². The lowest BCUT2D eigenvalue weighted by Gasteiger charge is -2.12. The Labute approximate surface area is 91.4 Å². The van der Waals surface area contributed by atoms with Crippen molar-refractivity contribution in [3.63, 3.8) is 0 Å². The van der Waals surface area contributed by atoms with Gasteiger partial charge in [0, 0.05) is 6.92 Å². The number of carbonyl (C=O) groups excluding carboxylic acids is 2. The number of hydrogen-bond acceptors (Lipinski definition) is 4. The molecule has 0 aromatic heterocycles. The molecule has 15 heavy (non-hydrogen) atoms.